The highest BCUT2D eigenvalue weighted by molar-refractivity contribution is 5.95. The van der Waals surface area contributed by atoms with E-state index in [1.807, 2.05) is 19.9 Å². The third-order valence-corrected chi connectivity index (χ3v) is 4.89. The van der Waals surface area contributed by atoms with E-state index in [1.165, 1.54) is 30.0 Å². The van der Waals surface area contributed by atoms with Crippen LogP contribution in [0.4, 0.5) is 0 Å². The van der Waals surface area contributed by atoms with Gasteiger partial charge in [0.05, 0.1) is 0 Å². The number of aromatic nitrogens is 2. The number of nitrogens with one attached hydrogen (secondary N) is 2. The van der Waals surface area contributed by atoms with Gasteiger partial charge in [0.25, 0.3) is 5.91 Å². The predicted octanol–water partition coefficient (Wildman–Crippen LogP) is 3.06. The molecule has 0 spiro atoms. The van der Waals surface area contributed by atoms with Crippen LogP contribution in [-0.2, 0) is 4.79 Å². The first kappa shape index (κ1) is 21.8. The van der Waals surface area contributed by atoms with Gasteiger partial charge in [0.15, 0.2) is 5.69 Å². The van der Waals surface area contributed by atoms with Crippen LogP contribution in [0.3, 0.4) is 0 Å². The molecule has 0 saturated carbocycles. The van der Waals surface area contributed by atoms with Crippen molar-refractivity contribution in [3.63, 3.8) is 0 Å². The molecule has 2 heterocycles. The van der Waals surface area contributed by atoms with Crippen molar-refractivity contribution in [2.45, 2.75) is 20.8 Å². The first-order valence-electron chi connectivity index (χ1n) is 10.0. The molecule has 7 nitrogen and oxygen atoms in total. The Kier molecular flexibility index (Phi) is 6.87. The largest absolute Gasteiger partial charge is 0.505 e. The van der Waals surface area contributed by atoms with Crippen LogP contribution in [-0.4, -0.2) is 39.6 Å². The van der Waals surface area contributed by atoms with Crippen molar-refractivity contribution in [2.24, 2.45) is 0 Å². The lowest BCUT2D eigenvalue weighted by Gasteiger charge is -2.10. The number of benzene rings is 1. The Labute approximate surface area is 181 Å². The number of nitrogens with zero attached hydrogens (tertiary/aromatic N) is 2. The van der Waals surface area contributed by atoms with Crippen molar-refractivity contribution in [3.05, 3.63) is 82.9 Å². The number of aryl methyl sites for hydroxylation is 2. The summed E-state index contributed by atoms with van der Waals surface area (Å²) in [6, 6.07) is 13.3. The summed E-state index contributed by atoms with van der Waals surface area (Å²) in [7, 11) is 0. The van der Waals surface area contributed by atoms with Gasteiger partial charge in [-0.2, -0.15) is 0 Å². The maximum atomic E-state index is 12.1. The van der Waals surface area contributed by atoms with Gasteiger partial charge in [0, 0.05) is 42.4 Å². The zero-order valence-corrected chi connectivity index (χ0v) is 17.8. The Morgan fingerprint density at radius 2 is 1.77 bits per heavy atom. The van der Waals surface area contributed by atoms with Crippen molar-refractivity contribution >= 4 is 17.9 Å². The van der Waals surface area contributed by atoms with E-state index in [-0.39, 0.29) is 30.4 Å². The Balaban J connectivity index is 1.53. The van der Waals surface area contributed by atoms with E-state index >= 15 is 0 Å². The molecule has 7 heteroatoms. The van der Waals surface area contributed by atoms with Crippen LogP contribution in [0.1, 0.15) is 33.0 Å². The molecule has 160 valence electrons. The molecule has 2 aromatic heterocycles. The second-order valence-electron chi connectivity index (χ2n) is 7.25. The molecule has 0 aliphatic heterocycles. The van der Waals surface area contributed by atoms with Gasteiger partial charge in [-0.05, 0) is 62.7 Å². The zero-order chi connectivity index (χ0) is 22.4. The monoisotopic (exact) mass is 418 g/mol. The van der Waals surface area contributed by atoms with Crippen LogP contribution in [0.2, 0.25) is 0 Å². The number of rotatable bonds is 7. The Morgan fingerprint density at radius 1 is 1.06 bits per heavy atom. The highest BCUT2D eigenvalue weighted by Crippen LogP contribution is 2.22. The molecule has 0 radical (unpaired) electrons. The fourth-order valence-electron chi connectivity index (χ4n) is 3.29. The summed E-state index contributed by atoms with van der Waals surface area (Å²) in [6.45, 7) is 6.58. The summed E-state index contributed by atoms with van der Waals surface area (Å²) in [4.78, 5) is 27.9. The van der Waals surface area contributed by atoms with Crippen molar-refractivity contribution in [1.82, 2.24) is 20.2 Å². The minimum absolute atomic E-state index is 0.0438. The number of pyridine rings is 1. The van der Waals surface area contributed by atoms with E-state index < -0.39 is 5.91 Å². The zero-order valence-electron chi connectivity index (χ0n) is 17.8. The maximum Gasteiger partial charge on any atom is 0.273 e. The summed E-state index contributed by atoms with van der Waals surface area (Å²) in [5, 5.41) is 15.0. The highest BCUT2D eigenvalue weighted by Gasteiger charge is 2.11. The number of carbonyl (C=O) groups excluding carboxylic acids is 2. The van der Waals surface area contributed by atoms with Gasteiger partial charge >= 0.3 is 0 Å². The molecule has 3 aromatic rings. The minimum atomic E-state index is -0.494. The molecule has 0 atom stereocenters. The number of hydrogen-bond acceptors (Lipinski definition) is 4. The van der Waals surface area contributed by atoms with Gasteiger partial charge in [0.2, 0.25) is 5.91 Å². The molecule has 1 aromatic carbocycles. The van der Waals surface area contributed by atoms with E-state index in [2.05, 4.69) is 51.4 Å². The van der Waals surface area contributed by atoms with E-state index in [9.17, 15) is 14.7 Å². The average molecular weight is 418 g/mol. The van der Waals surface area contributed by atoms with Gasteiger partial charge < -0.3 is 20.3 Å². The summed E-state index contributed by atoms with van der Waals surface area (Å²) < 4.78 is 2.15. The topological polar surface area (TPSA) is 96.3 Å². The third kappa shape index (κ3) is 5.39. The molecule has 31 heavy (non-hydrogen) atoms. The molecule has 2 amide bonds. The summed E-state index contributed by atoms with van der Waals surface area (Å²) in [6.07, 6.45) is 4.69. The van der Waals surface area contributed by atoms with E-state index in [0.29, 0.717) is 0 Å². The SMILES string of the molecule is Cc1ccc(-n2c(C)cc(/C=C/C(=O)NCCNC(=O)c3ncccc3O)c2C)cc1. The molecule has 0 aliphatic carbocycles. The second kappa shape index (κ2) is 9.75. The van der Waals surface area contributed by atoms with Crippen LogP contribution >= 0.6 is 0 Å². The van der Waals surface area contributed by atoms with Crippen LogP contribution in [0.15, 0.2) is 54.7 Å². The first-order valence-corrected chi connectivity index (χ1v) is 10.0. The fourth-order valence-corrected chi connectivity index (χ4v) is 3.29. The van der Waals surface area contributed by atoms with E-state index in [1.54, 1.807) is 6.08 Å². The van der Waals surface area contributed by atoms with Gasteiger partial charge in [-0.1, -0.05) is 17.7 Å². The highest BCUT2D eigenvalue weighted by atomic mass is 16.3. The fraction of sp³-hybridized carbons (Fsp3) is 0.208. The summed E-state index contributed by atoms with van der Waals surface area (Å²) >= 11 is 0. The average Bonchev–Trinajstić information content (AvgIpc) is 3.03. The molecule has 0 aliphatic rings. The minimum Gasteiger partial charge on any atom is -0.505 e. The summed E-state index contributed by atoms with van der Waals surface area (Å²) in [5.41, 5.74) is 5.34. The normalized spacial score (nSPS) is 10.9. The van der Waals surface area contributed by atoms with E-state index in [4.69, 9.17) is 0 Å². The Hall–Kier alpha value is -3.87. The summed E-state index contributed by atoms with van der Waals surface area (Å²) in [5.74, 6) is -0.934. The molecule has 0 fully saturated rings. The van der Waals surface area contributed by atoms with Crippen LogP contribution < -0.4 is 10.6 Å². The molecule has 0 bridgehead atoms. The Morgan fingerprint density at radius 3 is 2.48 bits per heavy atom. The first-order chi connectivity index (χ1) is 14.9. The smallest absolute Gasteiger partial charge is 0.273 e. The maximum absolute atomic E-state index is 12.1. The van der Waals surface area contributed by atoms with Gasteiger partial charge in [-0.3, -0.25) is 9.59 Å². The van der Waals surface area contributed by atoms with Crippen molar-refractivity contribution in [2.75, 3.05) is 13.1 Å². The van der Waals surface area contributed by atoms with Gasteiger partial charge in [-0.15, -0.1) is 0 Å². The lowest BCUT2D eigenvalue weighted by atomic mass is 10.2. The number of aromatic hydroxyl groups is 1. The number of hydrogen-bond donors (Lipinski definition) is 3. The van der Waals surface area contributed by atoms with E-state index in [0.717, 1.165) is 22.6 Å². The third-order valence-electron chi connectivity index (χ3n) is 4.89. The molecular weight excluding hydrogens is 392 g/mol. The second-order valence-corrected chi connectivity index (χ2v) is 7.25. The van der Waals surface area contributed by atoms with Crippen molar-refractivity contribution in [3.8, 4) is 11.4 Å². The van der Waals surface area contributed by atoms with Gasteiger partial charge in [0.1, 0.15) is 5.75 Å². The van der Waals surface area contributed by atoms with Crippen LogP contribution in [0.5, 0.6) is 5.75 Å². The van der Waals surface area contributed by atoms with Crippen molar-refractivity contribution < 1.29 is 14.7 Å². The quantitative estimate of drug-likeness (QED) is 0.406. The number of amides is 2. The lowest BCUT2D eigenvalue weighted by molar-refractivity contribution is -0.116. The standard InChI is InChI=1S/C24H26N4O3/c1-16-6-9-20(10-7-16)28-17(2)15-19(18(28)3)8-11-22(30)25-13-14-27-24(31)23-21(29)5-4-12-26-23/h4-12,15,29H,13-14H2,1-3H3,(H,25,30)(H,27,31)/b11-8+. The molecule has 0 unspecified atom stereocenters. The molecule has 3 N–H and O–H groups in total. The van der Waals surface area contributed by atoms with Gasteiger partial charge in [-0.25, -0.2) is 4.98 Å². The Bertz CT molecular complexity index is 1110. The number of carbonyl (C=O) groups is 2. The predicted molar refractivity (Wildman–Crippen MR) is 120 cm³/mol. The van der Waals surface area contributed by atoms with Crippen molar-refractivity contribution in [1.29, 1.82) is 0 Å². The molecule has 3 rings (SSSR count). The van der Waals surface area contributed by atoms with Crippen LogP contribution in [0.25, 0.3) is 11.8 Å². The molecule has 0 saturated heterocycles. The molecular formula is C24H26N4O3. The lowest BCUT2D eigenvalue weighted by Crippen LogP contribution is -2.34. The van der Waals surface area contributed by atoms with Crippen LogP contribution in [0, 0.1) is 20.8 Å².